The number of fused-ring (bicyclic) bond motifs is 7. The minimum absolute atomic E-state index is 0.101. The van der Waals surface area contributed by atoms with Crippen molar-refractivity contribution in [2.75, 3.05) is 6.79 Å². The van der Waals surface area contributed by atoms with Crippen LogP contribution in [0.15, 0.2) is 16.9 Å². The number of hydrogen-bond acceptors (Lipinski definition) is 9. The monoisotopic (exact) mass is 535 g/mol. The average Bonchev–Trinajstić information content (AvgIpc) is 3.62. The lowest BCUT2D eigenvalue weighted by molar-refractivity contribution is -0.236. The van der Waals surface area contributed by atoms with Crippen molar-refractivity contribution in [3.63, 3.8) is 0 Å². The van der Waals surface area contributed by atoms with Crippen LogP contribution in [-0.4, -0.2) is 50.0 Å². The van der Waals surface area contributed by atoms with Gasteiger partial charge in [0.1, 0.15) is 5.60 Å². The van der Waals surface area contributed by atoms with Gasteiger partial charge in [-0.25, -0.2) is 4.98 Å². The third-order valence-electron chi connectivity index (χ3n) is 8.49. The Balaban J connectivity index is 1.42. The molecule has 2 aromatic heterocycles. The number of amides is 1. The molecule has 3 aliphatic heterocycles. The van der Waals surface area contributed by atoms with E-state index in [1.165, 1.54) is 0 Å². The molecule has 0 spiro atoms. The molecular weight excluding hydrogens is 506 g/mol. The van der Waals surface area contributed by atoms with Crippen LogP contribution < -0.4 is 20.3 Å². The molecule has 3 unspecified atom stereocenters. The van der Waals surface area contributed by atoms with E-state index in [2.05, 4.69) is 5.32 Å². The standard InChI is InChI=1S/C28H29N3O8/c1-3-28(36)16-7-19-24-14(9-31(19)26(34)15(16)10-37-27(28)35)23-17(29-21(33)5-4-12(2)32)6-13-22(23)18(30-24)8-20-25(13)39-11-38-20/h7-8,12,17,27,32,35-36H,3-6,9-11H2,1-2H3,(H,29,33)/t12?,17?,27?,28-/m0/s1. The van der Waals surface area contributed by atoms with Crippen LogP contribution in [0.2, 0.25) is 0 Å². The first-order chi connectivity index (χ1) is 18.7. The number of aliphatic hydroxyl groups is 3. The molecule has 1 amide bonds. The third kappa shape index (κ3) is 3.40. The van der Waals surface area contributed by atoms with E-state index in [1.54, 1.807) is 24.5 Å². The number of nitrogens with zero attached hydrogens (tertiary/aromatic N) is 2. The summed E-state index contributed by atoms with van der Waals surface area (Å²) in [5.74, 6) is 1.05. The van der Waals surface area contributed by atoms with E-state index < -0.39 is 18.0 Å². The van der Waals surface area contributed by atoms with Crippen LogP contribution in [0.5, 0.6) is 11.5 Å². The number of carbonyl (C=O) groups is 1. The van der Waals surface area contributed by atoms with Crippen LogP contribution in [0.1, 0.15) is 67.0 Å². The van der Waals surface area contributed by atoms with Gasteiger partial charge in [-0.2, -0.15) is 0 Å². The predicted octanol–water partition coefficient (Wildman–Crippen LogP) is 1.47. The fraction of sp³-hybridized carbons (Fsp3) is 0.464. The van der Waals surface area contributed by atoms with Gasteiger partial charge in [-0.05, 0) is 31.4 Å². The summed E-state index contributed by atoms with van der Waals surface area (Å²) in [6.07, 6.45) is -0.872. The number of aliphatic hydroxyl groups excluding tert-OH is 2. The van der Waals surface area contributed by atoms with Gasteiger partial charge in [0, 0.05) is 46.5 Å². The Morgan fingerprint density at radius 1 is 1.28 bits per heavy atom. The van der Waals surface area contributed by atoms with Crippen molar-refractivity contribution >= 4 is 16.8 Å². The van der Waals surface area contributed by atoms with Gasteiger partial charge in [-0.15, -0.1) is 0 Å². The second-order valence-corrected chi connectivity index (χ2v) is 10.8. The van der Waals surface area contributed by atoms with Crippen molar-refractivity contribution in [3.8, 4) is 22.9 Å². The largest absolute Gasteiger partial charge is 0.454 e. The van der Waals surface area contributed by atoms with E-state index in [0.29, 0.717) is 52.4 Å². The number of benzene rings is 1. The topological polar surface area (TPSA) is 152 Å². The Hall–Kier alpha value is -3.51. The number of ether oxygens (including phenoxy) is 3. The van der Waals surface area contributed by atoms with E-state index in [1.807, 2.05) is 6.07 Å². The van der Waals surface area contributed by atoms with Gasteiger partial charge in [0.25, 0.3) is 5.56 Å². The maximum absolute atomic E-state index is 13.7. The highest BCUT2D eigenvalue weighted by Crippen LogP contribution is 2.51. The zero-order valence-electron chi connectivity index (χ0n) is 21.6. The maximum atomic E-state index is 13.7. The van der Waals surface area contributed by atoms with Gasteiger partial charge in [-0.1, -0.05) is 6.92 Å². The summed E-state index contributed by atoms with van der Waals surface area (Å²) in [6.45, 7) is 3.61. The summed E-state index contributed by atoms with van der Waals surface area (Å²) >= 11 is 0. The maximum Gasteiger partial charge on any atom is 0.257 e. The van der Waals surface area contributed by atoms with Crippen LogP contribution in [0, 0.1) is 0 Å². The van der Waals surface area contributed by atoms with E-state index >= 15 is 0 Å². The number of pyridine rings is 2. The molecule has 0 saturated carbocycles. The molecule has 0 fully saturated rings. The predicted molar refractivity (Wildman–Crippen MR) is 137 cm³/mol. The molecule has 11 heteroatoms. The second kappa shape index (κ2) is 8.49. The molecule has 3 aromatic rings. The van der Waals surface area contributed by atoms with Crippen LogP contribution in [-0.2, 0) is 34.7 Å². The highest BCUT2D eigenvalue weighted by molar-refractivity contribution is 5.97. The van der Waals surface area contributed by atoms with E-state index in [4.69, 9.17) is 19.2 Å². The molecule has 11 nitrogen and oxygen atoms in total. The second-order valence-electron chi connectivity index (χ2n) is 10.8. The number of carbonyl (C=O) groups excluding carboxylic acids is 1. The Bertz CT molecular complexity index is 1630. The molecule has 0 radical (unpaired) electrons. The van der Waals surface area contributed by atoms with Crippen LogP contribution in [0.3, 0.4) is 0 Å². The Labute approximate surface area is 223 Å². The first-order valence-corrected chi connectivity index (χ1v) is 13.3. The summed E-state index contributed by atoms with van der Waals surface area (Å²) in [6, 6.07) is 3.18. The Morgan fingerprint density at radius 2 is 2.10 bits per heavy atom. The summed E-state index contributed by atoms with van der Waals surface area (Å²) in [7, 11) is 0. The smallest absolute Gasteiger partial charge is 0.257 e. The van der Waals surface area contributed by atoms with Crippen LogP contribution in [0.4, 0.5) is 0 Å². The van der Waals surface area contributed by atoms with E-state index in [-0.39, 0.29) is 50.3 Å². The quantitative estimate of drug-likeness (QED) is 0.298. The van der Waals surface area contributed by atoms with Crippen LogP contribution in [0.25, 0.3) is 22.3 Å². The minimum atomic E-state index is -1.72. The SMILES string of the molecule is CC[C@]1(O)c2cc3n(c(=O)c2COC1O)Cc1c-3nc2cc3c(c4c2c1C(NC(=O)CCC(C)O)C4)OCO3. The van der Waals surface area contributed by atoms with Crippen molar-refractivity contribution in [1.29, 1.82) is 0 Å². The molecule has 7 rings (SSSR count). The molecule has 1 aromatic carbocycles. The van der Waals surface area contributed by atoms with Crippen molar-refractivity contribution in [1.82, 2.24) is 14.9 Å². The average molecular weight is 536 g/mol. The molecular formula is C28H29N3O8. The van der Waals surface area contributed by atoms with Crippen molar-refractivity contribution in [3.05, 3.63) is 50.3 Å². The number of rotatable bonds is 5. The Morgan fingerprint density at radius 3 is 2.87 bits per heavy atom. The molecule has 204 valence electrons. The molecule has 4 atom stereocenters. The Kier molecular flexibility index (Phi) is 5.34. The summed E-state index contributed by atoms with van der Waals surface area (Å²) in [4.78, 5) is 31.5. The molecule has 0 bridgehead atoms. The third-order valence-corrected chi connectivity index (χ3v) is 8.49. The van der Waals surface area contributed by atoms with Crippen LogP contribution >= 0.6 is 0 Å². The van der Waals surface area contributed by atoms with Gasteiger partial charge in [-0.3, -0.25) is 9.59 Å². The van der Waals surface area contributed by atoms with E-state index in [0.717, 1.165) is 22.1 Å². The number of aromatic nitrogens is 2. The van der Waals surface area contributed by atoms with Gasteiger partial charge >= 0.3 is 0 Å². The summed E-state index contributed by atoms with van der Waals surface area (Å²) in [5, 5.41) is 35.4. The molecule has 5 heterocycles. The van der Waals surface area contributed by atoms with Crippen molar-refractivity contribution in [2.45, 2.75) is 76.7 Å². The normalized spacial score (nSPS) is 24.4. The van der Waals surface area contributed by atoms with Gasteiger partial charge in [0.15, 0.2) is 17.8 Å². The lowest BCUT2D eigenvalue weighted by Gasteiger charge is -2.37. The summed E-state index contributed by atoms with van der Waals surface area (Å²) in [5.41, 5.74) is 3.04. The number of hydrogen-bond donors (Lipinski definition) is 4. The van der Waals surface area contributed by atoms with E-state index in [9.17, 15) is 24.9 Å². The summed E-state index contributed by atoms with van der Waals surface area (Å²) < 4.78 is 18.5. The fourth-order valence-electron chi connectivity index (χ4n) is 6.46. The molecule has 39 heavy (non-hydrogen) atoms. The van der Waals surface area contributed by atoms with Crippen molar-refractivity contribution < 1.29 is 34.3 Å². The van der Waals surface area contributed by atoms with Gasteiger partial charge in [0.2, 0.25) is 12.7 Å². The molecule has 4 N–H and O–H groups in total. The zero-order chi connectivity index (χ0) is 27.2. The minimum Gasteiger partial charge on any atom is -0.454 e. The molecule has 4 aliphatic rings. The first kappa shape index (κ1) is 24.5. The van der Waals surface area contributed by atoms with Crippen molar-refractivity contribution in [2.24, 2.45) is 0 Å². The highest BCUT2D eigenvalue weighted by Gasteiger charge is 2.45. The lowest BCUT2D eigenvalue weighted by Crippen LogP contribution is -2.47. The van der Waals surface area contributed by atoms with Gasteiger partial charge in [0.05, 0.1) is 42.2 Å². The number of nitrogens with one attached hydrogen (secondary N) is 1. The molecule has 1 aliphatic carbocycles. The molecule has 0 saturated heterocycles. The first-order valence-electron chi connectivity index (χ1n) is 13.3. The van der Waals surface area contributed by atoms with Gasteiger partial charge < -0.3 is 39.4 Å². The lowest BCUT2D eigenvalue weighted by atomic mass is 9.85. The highest BCUT2D eigenvalue weighted by atomic mass is 16.7. The zero-order valence-corrected chi connectivity index (χ0v) is 21.6. The fourth-order valence-corrected chi connectivity index (χ4v) is 6.46.